The van der Waals surface area contributed by atoms with Crippen molar-refractivity contribution in [2.45, 2.75) is 24.7 Å². The highest BCUT2D eigenvalue weighted by atomic mass is 32.2. The van der Waals surface area contributed by atoms with Crippen molar-refractivity contribution in [2.75, 3.05) is 39.3 Å². The highest BCUT2D eigenvalue weighted by Gasteiger charge is 2.34. The van der Waals surface area contributed by atoms with E-state index in [0.29, 0.717) is 39.0 Å². The summed E-state index contributed by atoms with van der Waals surface area (Å²) >= 11 is 0. The van der Waals surface area contributed by atoms with Crippen molar-refractivity contribution in [3.63, 3.8) is 0 Å². The average molecular weight is 397 g/mol. The van der Waals surface area contributed by atoms with Crippen molar-refractivity contribution in [3.05, 3.63) is 30.1 Å². The van der Waals surface area contributed by atoms with Gasteiger partial charge in [0.1, 0.15) is 5.82 Å². The smallest absolute Gasteiger partial charge is 0.243 e. The Kier molecular flexibility index (Phi) is 5.81. The average Bonchev–Trinajstić information content (AvgIpc) is 2.68. The van der Waals surface area contributed by atoms with Crippen LogP contribution in [-0.4, -0.2) is 73.6 Å². The lowest BCUT2D eigenvalue weighted by Crippen LogP contribution is -2.52. The van der Waals surface area contributed by atoms with Gasteiger partial charge >= 0.3 is 0 Å². The Morgan fingerprint density at radius 2 is 1.44 bits per heavy atom. The van der Waals surface area contributed by atoms with Gasteiger partial charge in [-0.1, -0.05) is 0 Å². The van der Waals surface area contributed by atoms with Crippen LogP contribution in [0.25, 0.3) is 0 Å². The summed E-state index contributed by atoms with van der Waals surface area (Å²) < 4.78 is 39.7. The second-order valence-electron chi connectivity index (χ2n) is 6.96. The van der Waals surface area contributed by atoms with Crippen LogP contribution in [0.3, 0.4) is 0 Å². The normalized spacial score (nSPS) is 19.9. The van der Waals surface area contributed by atoms with E-state index in [-0.39, 0.29) is 35.7 Å². The fourth-order valence-electron chi connectivity index (χ4n) is 3.60. The lowest BCUT2D eigenvalue weighted by Gasteiger charge is -2.38. The highest BCUT2D eigenvalue weighted by Crippen LogP contribution is 2.25. The van der Waals surface area contributed by atoms with Crippen molar-refractivity contribution >= 4 is 21.8 Å². The third-order valence-electron chi connectivity index (χ3n) is 5.29. The second-order valence-corrected chi connectivity index (χ2v) is 8.90. The Labute approximate surface area is 158 Å². The summed E-state index contributed by atoms with van der Waals surface area (Å²) in [6, 6.07) is 4.78. The largest absolute Gasteiger partial charge is 0.339 e. The summed E-state index contributed by atoms with van der Waals surface area (Å²) in [6.07, 6.45) is 0.929. The van der Waals surface area contributed by atoms with Crippen LogP contribution < -0.4 is 0 Å². The van der Waals surface area contributed by atoms with Crippen LogP contribution in [0.2, 0.25) is 0 Å². The van der Waals surface area contributed by atoms with Crippen molar-refractivity contribution in [2.24, 2.45) is 5.92 Å². The third kappa shape index (κ3) is 4.30. The fraction of sp³-hybridized carbons (Fsp3) is 0.556. The van der Waals surface area contributed by atoms with E-state index in [1.165, 1.54) is 23.4 Å². The summed E-state index contributed by atoms with van der Waals surface area (Å²) in [5.41, 5.74) is 0. The monoisotopic (exact) mass is 397 g/mol. The van der Waals surface area contributed by atoms with Gasteiger partial charge < -0.3 is 9.80 Å². The van der Waals surface area contributed by atoms with Crippen LogP contribution in [0.5, 0.6) is 0 Å². The minimum atomic E-state index is -3.67. The van der Waals surface area contributed by atoms with E-state index in [1.807, 2.05) is 0 Å². The van der Waals surface area contributed by atoms with Gasteiger partial charge in [0, 0.05) is 52.1 Å². The van der Waals surface area contributed by atoms with Crippen molar-refractivity contribution in [1.82, 2.24) is 14.1 Å². The molecule has 0 atom stereocenters. The number of nitrogens with zero attached hydrogens (tertiary/aromatic N) is 3. The summed E-state index contributed by atoms with van der Waals surface area (Å²) in [5.74, 6) is -0.630. The van der Waals surface area contributed by atoms with Crippen molar-refractivity contribution < 1.29 is 22.4 Å². The molecule has 2 saturated heterocycles. The molecule has 1 aromatic rings. The molecule has 2 heterocycles. The minimum absolute atomic E-state index is 0.0152. The number of rotatable bonds is 3. The standard InChI is InChI=1S/C18H24FN3O4S/c1-14(23)20-10-12-21(13-11-20)18(24)15-6-8-22(9-7-15)27(25,26)17-4-2-16(19)3-5-17/h2-5,15H,6-13H2,1H3. The third-order valence-corrected chi connectivity index (χ3v) is 7.20. The second kappa shape index (κ2) is 7.93. The molecule has 148 valence electrons. The number of sulfonamides is 1. The number of benzene rings is 1. The zero-order chi connectivity index (χ0) is 19.6. The van der Waals surface area contributed by atoms with Gasteiger partial charge in [-0.25, -0.2) is 12.8 Å². The zero-order valence-electron chi connectivity index (χ0n) is 15.3. The van der Waals surface area contributed by atoms with Gasteiger partial charge in [-0.2, -0.15) is 4.31 Å². The topological polar surface area (TPSA) is 78.0 Å². The maximum Gasteiger partial charge on any atom is 0.243 e. The first-order valence-corrected chi connectivity index (χ1v) is 10.5. The molecule has 1 aromatic carbocycles. The van der Waals surface area contributed by atoms with E-state index in [1.54, 1.807) is 9.80 Å². The van der Waals surface area contributed by atoms with E-state index in [2.05, 4.69) is 0 Å². The quantitative estimate of drug-likeness (QED) is 0.760. The van der Waals surface area contributed by atoms with Crippen LogP contribution in [0.1, 0.15) is 19.8 Å². The lowest BCUT2D eigenvalue weighted by molar-refractivity contribution is -0.142. The molecular weight excluding hydrogens is 373 g/mol. The minimum Gasteiger partial charge on any atom is -0.339 e. The maximum atomic E-state index is 13.0. The SMILES string of the molecule is CC(=O)N1CCN(C(=O)C2CCN(S(=O)(=O)c3ccc(F)cc3)CC2)CC1. The maximum absolute atomic E-state index is 13.0. The summed E-state index contributed by atoms with van der Waals surface area (Å²) in [7, 11) is -3.67. The van der Waals surface area contributed by atoms with Gasteiger partial charge in [0.2, 0.25) is 21.8 Å². The van der Waals surface area contributed by atoms with E-state index in [4.69, 9.17) is 0 Å². The summed E-state index contributed by atoms with van der Waals surface area (Å²) in [4.78, 5) is 27.6. The number of amides is 2. The first-order valence-electron chi connectivity index (χ1n) is 9.09. The molecule has 9 heteroatoms. The summed E-state index contributed by atoms with van der Waals surface area (Å²) in [5, 5.41) is 0. The highest BCUT2D eigenvalue weighted by molar-refractivity contribution is 7.89. The molecule has 2 amide bonds. The van der Waals surface area contributed by atoms with E-state index >= 15 is 0 Å². The van der Waals surface area contributed by atoms with Crippen LogP contribution in [0.15, 0.2) is 29.2 Å². The Bertz CT molecular complexity index is 796. The molecule has 3 rings (SSSR count). The van der Waals surface area contributed by atoms with Crippen molar-refractivity contribution in [3.8, 4) is 0 Å². The van der Waals surface area contributed by atoms with Gasteiger partial charge in [-0.3, -0.25) is 9.59 Å². The molecular formula is C18H24FN3O4S. The predicted octanol–water partition coefficient (Wildman–Crippen LogP) is 0.917. The molecule has 0 spiro atoms. The Morgan fingerprint density at radius 1 is 0.926 bits per heavy atom. The molecule has 0 bridgehead atoms. The number of hydrogen-bond donors (Lipinski definition) is 0. The van der Waals surface area contributed by atoms with Gasteiger partial charge in [-0.05, 0) is 37.1 Å². The van der Waals surface area contributed by atoms with Gasteiger partial charge in [0.15, 0.2) is 0 Å². The molecule has 7 nitrogen and oxygen atoms in total. The van der Waals surface area contributed by atoms with Crippen molar-refractivity contribution in [1.29, 1.82) is 0 Å². The lowest BCUT2D eigenvalue weighted by atomic mass is 9.96. The number of carbonyl (C=O) groups is 2. The van der Waals surface area contributed by atoms with Crippen LogP contribution in [0.4, 0.5) is 4.39 Å². The van der Waals surface area contributed by atoms with Crippen LogP contribution in [0, 0.1) is 11.7 Å². The van der Waals surface area contributed by atoms with E-state index in [0.717, 1.165) is 12.1 Å². The Balaban J connectivity index is 1.56. The first-order chi connectivity index (χ1) is 12.8. The first kappa shape index (κ1) is 19.8. The fourth-order valence-corrected chi connectivity index (χ4v) is 5.07. The number of piperazine rings is 1. The van der Waals surface area contributed by atoms with Gasteiger partial charge in [0.25, 0.3) is 0 Å². The predicted molar refractivity (Wildman–Crippen MR) is 96.7 cm³/mol. The Morgan fingerprint density at radius 3 is 1.96 bits per heavy atom. The molecule has 2 aliphatic heterocycles. The number of halogens is 1. The molecule has 0 saturated carbocycles. The number of hydrogen-bond acceptors (Lipinski definition) is 4. The molecule has 0 N–H and O–H groups in total. The van der Waals surface area contributed by atoms with Gasteiger partial charge in [0.05, 0.1) is 4.90 Å². The molecule has 0 aromatic heterocycles. The van der Waals surface area contributed by atoms with E-state index < -0.39 is 15.8 Å². The molecule has 0 radical (unpaired) electrons. The number of piperidine rings is 1. The molecule has 0 unspecified atom stereocenters. The van der Waals surface area contributed by atoms with Crippen LogP contribution in [-0.2, 0) is 19.6 Å². The Hall–Kier alpha value is -2.00. The van der Waals surface area contributed by atoms with Crippen LogP contribution >= 0.6 is 0 Å². The summed E-state index contributed by atoms with van der Waals surface area (Å²) in [6.45, 7) is 4.18. The molecule has 27 heavy (non-hydrogen) atoms. The number of carbonyl (C=O) groups excluding carboxylic acids is 2. The van der Waals surface area contributed by atoms with Gasteiger partial charge in [-0.15, -0.1) is 0 Å². The molecule has 0 aliphatic carbocycles. The molecule has 2 fully saturated rings. The molecule has 2 aliphatic rings. The van der Waals surface area contributed by atoms with E-state index in [9.17, 15) is 22.4 Å². The zero-order valence-corrected chi connectivity index (χ0v) is 16.1.